The monoisotopic (exact) mass is 1420 g/mol. The number of hydrogen-bond acceptors (Lipinski definition) is 31. The first-order valence-electron chi connectivity index (χ1n) is 30.3. The van der Waals surface area contributed by atoms with E-state index in [0.717, 1.165) is 0 Å². The minimum Gasteiger partial charge on any atom is -0.394 e. The Morgan fingerprint density at radius 1 is 0.615 bits per heavy atom. The molecule has 43 heteroatoms. The van der Waals surface area contributed by atoms with E-state index >= 15 is 0 Å². The number of aliphatic hydroxyl groups excluding tert-OH is 6. The summed E-state index contributed by atoms with van der Waals surface area (Å²) < 4.78 is 103. The fourth-order valence-corrected chi connectivity index (χ4v) is 17.1. The Bertz CT molecular complexity index is 2460. The van der Waals surface area contributed by atoms with Gasteiger partial charge in [-0.15, -0.1) is 0 Å². The molecule has 526 valence electrons. The summed E-state index contributed by atoms with van der Waals surface area (Å²) in [4.78, 5) is 21.9. The second-order valence-electron chi connectivity index (χ2n) is 23.5. The van der Waals surface area contributed by atoms with E-state index in [1.54, 1.807) is 20.8 Å². The fraction of sp³-hybridized carbons (Fsp3) is 0.958. The molecule has 0 amide bonds. The van der Waals surface area contributed by atoms with Gasteiger partial charge in [-0.2, -0.15) is 0 Å². The molecule has 5 saturated heterocycles. The number of guanidine groups is 2. The van der Waals surface area contributed by atoms with Crippen LogP contribution in [0.5, 0.6) is 0 Å². The third-order valence-corrected chi connectivity index (χ3v) is 22.1. The van der Waals surface area contributed by atoms with Crippen molar-refractivity contribution < 1.29 is 125 Å². The molecule has 0 aromatic carbocycles. The van der Waals surface area contributed by atoms with Crippen LogP contribution in [-0.4, -0.2) is 319 Å². The van der Waals surface area contributed by atoms with Crippen molar-refractivity contribution in [2.75, 3.05) is 86.3 Å². The number of nitrogens with two attached hydrogens (primary N) is 2. The van der Waals surface area contributed by atoms with Gasteiger partial charge in [-0.1, -0.05) is 0 Å². The normalized spacial score (nSPS) is 39.9. The molecule has 6 fully saturated rings. The lowest BCUT2D eigenvalue weighted by Crippen LogP contribution is -2.74. The molecule has 0 radical (unpaired) electrons. The number of rotatable bonds is 37. The minimum absolute atomic E-state index is 0.00603. The van der Waals surface area contributed by atoms with Crippen molar-refractivity contribution in [3.8, 4) is 0 Å². The van der Waals surface area contributed by atoms with Crippen molar-refractivity contribution >= 4 is 91.0 Å². The summed E-state index contributed by atoms with van der Waals surface area (Å²) >= 11 is 16.7. The van der Waals surface area contributed by atoms with Crippen LogP contribution >= 0.6 is 20.2 Å². The smallest absolute Gasteiger partial charge is 0.327 e. The van der Waals surface area contributed by atoms with E-state index in [4.69, 9.17) is 137 Å². The summed E-state index contributed by atoms with van der Waals surface area (Å²) in [5.41, 5.74) is 7.65. The van der Waals surface area contributed by atoms with Crippen LogP contribution in [0, 0.1) is 10.8 Å². The van der Waals surface area contributed by atoms with Crippen molar-refractivity contribution in [3.05, 3.63) is 0 Å². The van der Waals surface area contributed by atoms with Crippen LogP contribution in [0.2, 0.25) is 0 Å². The van der Waals surface area contributed by atoms with Gasteiger partial charge in [0.1, 0.15) is 90.2 Å². The molecule has 27 unspecified atom stereocenters. The zero-order valence-corrected chi connectivity index (χ0v) is 57.7. The van der Waals surface area contributed by atoms with E-state index < -0.39 is 172 Å². The topological polar surface area (TPSA) is 487 Å². The molecule has 34 nitrogen and oxygen atoms in total. The predicted molar refractivity (Wildman–Crippen MR) is 342 cm³/mol. The lowest BCUT2D eigenvalue weighted by molar-refractivity contribution is -0.320. The van der Waals surface area contributed by atoms with Crippen LogP contribution in [0.25, 0.3) is 0 Å². The lowest BCUT2D eigenvalue weighted by atomic mass is 9.75. The third-order valence-electron chi connectivity index (χ3n) is 16.4. The first-order chi connectivity index (χ1) is 42.7. The number of likely N-dealkylation sites (N-methyl/N-ethyl adjacent to an activating group) is 1. The van der Waals surface area contributed by atoms with Crippen molar-refractivity contribution in [1.82, 2.24) is 21.3 Å². The molecule has 27 atom stereocenters. The molecule has 0 aromatic heterocycles. The minimum atomic E-state index is -3.84. The standard InChI is InChI=1S/C48H96B3N8O26P3S3/c1-7-69-19-27-23(15-30(49)77-27)84-87(68,90)74-20-28-25(17-32(51)78-28)85-88(91,75-21-29-24(16-31(50)79-29)83-86(67,89)72-8-2)73-14-13-71-12-11-70-10-9-57-47(4,5)48(66)22(3)76-44(42(48)82-43-35(56-6)39(64)36(61)26(18-60)80-43)81-41-34(59-46(54)55)37(62)33(58-45(52)53)38(63)40(41)65/h22-44,56-57,60-66H,7-21,49-51H2,1-6H3,(H,67,89)(H,68,90)(H4,52,53,58)(H4,54,55,59). The summed E-state index contributed by atoms with van der Waals surface area (Å²) in [5, 5.41) is 106. The highest BCUT2D eigenvalue weighted by Gasteiger charge is 2.66. The molecule has 91 heavy (non-hydrogen) atoms. The second-order valence-corrected chi connectivity index (χ2v) is 32.1. The van der Waals surface area contributed by atoms with Gasteiger partial charge in [-0.25, -0.2) is 0 Å². The summed E-state index contributed by atoms with van der Waals surface area (Å²) in [6, 6.07) is -4.90. The maximum absolute atomic E-state index is 13.0. The number of ether oxygens (including phenoxy) is 10. The highest BCUT2D eigenvalue weighted by atomic mass is 32.5. The molecular weight excluding hydrogens is 1330 g/mol. The Balaban J connectivity index is 1.08. The Kier molecular flexibility index (Phi) is 31.1. The fourth-order valence-electron chi connectivity index (χ4n) is 11.9. The van der Waals surface area contributed by atoms with Crippen molar-refractivity contribution in [3.63, 3.8) is 0 Å². The average molecular weight is 1420 g/mol. The Labute approximate surface area is 548 Å². The average Bonchev–Trinajstić information content (AvgIpc) is 1.63. The predicted octanol–water partition coefficient (Wildman–Crippen LogP) is -7.36. The third kappa shape index (κ3) is 21.5. The van der Waals surface area contributed by atoms with Gasteiger partial charge >= 0.3 is 20.2 Å². The van der Waals surface area contributed by atoms with Gasteiger partial charge in [0.05, 0.1) is 115 Å². The van der Waals surface area contributed by atoms with Gasteiger partial charge in [-0.05, 0) is 96.3 Å². The van der Waals surface area contributed by atoms with Gasteiger partial charge in [0.15, 0.2) is 24.5 Å². The Morgan fingerprint density at radius 3 is 1.68 bits per heavy atom. The molecule has 6 aliphatic rings. The van der Waals surface area contributed by atoms with Crippen LogP contribution in [0.15, 0.2) is 0 Å². The molecule has 5 aliphatic heterocycles. The lowest BCUT2D eigenvalue weighted by Gasteiger charge is -2.49. The number of aliphatic hydroxyl groups is 7. The van der Waals surface area contributed by atoms with Crippen LogP contribution in [-0.2, 0) is 114 Å². The van der Waals surface area contributed by atoms with E-state index in [-0.39, 0.29) is 84.0 Å². The Hall–Kier alpha value is -0.435. The summed E-state index contributed by atoms with van der Waals surface area (Å²) in [6.45, 7) is -2.97. The zero-order chi connectivity index (χ0) is 67.4. The van der Waals surface area contributed by atoms with E-state index in [2.05, 4.69) is 21.3 Å². The molecule has 1 saturated carbocycles. The van der Waals surface area contributed by atoms with Crippen LogP contribution in [0.3, 0.4) is 0 Å². The van der Waals surface area contributed by atoms with Gasteiger partial charge in [-0.3, -0.25) is 10.8 Å². The first-order valence-corrected chi connectivity index (χ1v) is 38.0. The maximum atomic E-state index is 13.0. The molecule has 5 heterocycles. The summed E-state index contributed by atoms with van der Waals surface area (Å²) in [7, 11) is 7.01. The highest BCUT2D eigenvalue weighted by molar-refractivity contribution is 8.08. The van der Waals surface area contributed by atoms with E-state index in [9.17, 15) is 45.5 Å². The highest BCUT2D eigenvalue weighted by Crippen LogP contribution is 2.55. The van der Waals surface area contributed by atoms with E-state index in [0.29, 0.717) is 25.9 Å². The molecule has 1 aliphatic carbocycles. The molecule has 6 rings (SSSR count). The van der Waals surface area contributed by atoms with Gasteiger partial charge in [0, 0.05) is 36.7 Å². The second kappa shape index (κ2) is 35.6. The van der Waals surface area contributed by atoms with Crippen molar-refractivity contribution in [2.24, 2.45) is 11.5 Å². The quantitative estimate of drug-likeness (QED) is 0.00903. The van der Waals surface area contributed by atoms with E-state index in [1.807, 2.05) is 30.5 Å². The summed E-state index contributed by atoms with van der Waals surface area (Å²) in [6.07, 6.45) is -20.5. The number of nitrogens with one attached hydrogen (secondary N) is 6. The molecule has 0 bridgehead atoms. The maximum Gasteiger partial charge on any atom is 0.327 e. The zero-order valence-electron chi connectivity index (χ0n) is 52.6. The van der Waals surface area contributed by atoms with Crippen LogP contribution in [0.1, 0.15) is 53.9 Å². The summed E-state index contributed by atoms with van der Waals surface area (Å²) in [5.74, 6) is -1.32. The van der Waals surface area contributed by atoms with Gasteiger partial charge in [0.2, 0.25) is 0 Å². The van der Waals surface area contributed by atoms with Crippen molar-refractivity contribution in [1.29, 1.82) is 10.8 Å². The molecule has 0 spiro atoms. The van der Waals surface area contributed by atoms with Gasteiger partial charge in [0.25, 0.3) is 0 Å². The van der Waals surface area contributed by atoms with Crippen LogP contribution < -0.4 is 32.7 Å². The first kappa shape index (κ1) is 79.5. The molecule has 0 aromatic rings. The van der Waals surface area contributed by atoms with Gasteiger partial charge < -0.3 is 157 Å². The van der Waals surface area contributed by atoms with E-state index in [1.165, 1.54) is 14.0 Å². The Morgan fingerprint density at radius 2 is 1.13 bits per heavy atom. The molecule has 19 N–H and O–H groups in total. The van der Waals surface area contributed by atoms with Crippen molar-refractivity contribution in [2.45, 2.75) is 205 Å². The SMILES string of the molecule is BC1CC(OP(O)(=S)OCC2OC(B)CC2OP(=S)(OCCOCCOCCNC(C)(C)C2(O)C(C)OC(OC3C(O)C(O)C(NC(=N)N)C(O)C3NC(=N)N)C2OC2OC(CO)C(O)C(O)C2NC)OCC2OC(B)CC2OP(O)(=S)OCC)C(COCC)O1. The number of hydrogen-bond donors (Lipinski definition) is 17. The molecular formula is C48H96B3N8O26P3S3. The largest absolute Gasteiger partial charge is 0.394 e. The van der Waals surface area contributed by atoms with Crippen LogP contribution in [0.4, 0.5) is 0 Å².